The number of hydrogen-bond donors (Lipinski definition) is 0. The van der Waals surface area contributed by atoms with Crippen molar-refractivity contribution in [2.24, 2.45) is 0 Å². The van der Waals surface area contributed by atoms with Crippen LogP contribution >= 0.6 is 11.6 Å². The van der Waals surface area contributed by atoms with Crippen LogP contribution in [0.3, 0.4) is 0 Å². The number of para-hydroxylation sites is 1. The second kappa shape index (κ2) is 5.56. The van der Waals surface area contributed by atoms with Crippen LogP contribution in [0.4, 0.5) is 0 Å². The summed E-state index contributed by atoms with van der Waals surface area (Å²) in [7, 11) is 1.52. The Morgan fingerprint density at radius 2 is 1.83 bits per heavy atom. The van der Waals surface area contributed by atoms with Crippen molar-refractivity contribution in [2.75, 3.05) is 7.11 Å². The summed E-state index contributed by atoms with van der Waals surface area (Å²) >= 11 is 6.01. The highest BCUT2D eigenvalue weighted by molar-refractivity contribution is 6.32. The van der Waals surface area contributed by atoms with Crippen molar-refractivity contribution >= 4 is 17.9 Å². The summed E-state index contributed by atoms with van der Waals surface area (Å²) in [5.41, 5.74) is 0.526. The molecule has 0 fully saturated rings. The third-order valence-corrected chi connectivity index (χ3v) is 2.69. The van der Waals surface area contributed by atoms with Crippen molar-refractivity contribution < 1.29 is 14.3 Å². The lowest BCUT2D eigenvalue weighted by atomic mass is 10.2. The van der Waals surface area contributed by atoms with E-state index in [4.69, 9.17) is 21.1 Å². The zero-order valence-electron chi connectivity index (χ0n) is 9.72. The van der Waals surface area contributed by atoms with Gasteiger partial charge in [-0.15, -0.1) is 0 Å². The molecule has 0 bridgehead atoms. The second-order valence-corrected chi connectivity index (χ2v) is 3.97. The van der Waals surface area contributed by atoms with E-state index >= 15 is 0 Å². The maximum absolute atomic E-state index is 10.7. The lowest BCUT2D eigenvalue weighted by Crippen LogP contribution is -1.92. The molecule has 0 unspecified atom stereocenters. The topological polar surface area (TPSA) is 35.5 Å². The summed E-state index contributed by atoms with van der Waals surface area (Å²) in [4.78, 5) is 10.7. The van der Waals surface area contributed by atoms with Crippen LogP contribution in [0.1, 0.15) is 10.4 Å². The summed E-state index contributed by atoms with van der Waals surface area (Å²) in [6, 6.07) is 12.1. The van der Waals surface area contributed by atoms with Gasteiger partial charge >= 0.3 is 0 Å². The largest absolute Gasteiger partial charge is 0.493 e. The Balaban J connectivity index is 2.34. The summed E-state index contributed by atoms with van der Waals surface area (Å²) in [5.74, 6) is 1.53. The maximum Gasteiger partial charge on any atom is 0.169 e. The number of halogens is 1. The number of methoxy groups -OCH3 is 1. The lowest BCUT2D eigenvalue weighted by Gasteiger charge is -2.11. The normalized spacial score (nSPS) is 9.89. The van der Waals surface area contributed by atoms with Crippen LogP contribution < -0.4 is 9.47 Å². The van der Waals surface area contributed by atoms with Crippen molar-refractivity contribution in [1.29, 1.82) is 0 Å². The maximum atomic E-state index is 10.7. The van der Waals surface area contributed by atoms with Gasteiger partial charge in [0.15, 0.2) is 11.5 Å². The van der Waals surface area contributed by atoms with Crippen molar-refractivity contribution in [2.45, 2.75) is 0 Å². The summed E-state index contributed by atoms with van der Waals surface area (Å²) in [6.45, 7) is 0. The molecule has 0 N–H and O–H groups in total. The van der Waals surface area contributed by atoms with Crippen molar-refractivity contribution in [3.05, 3.63) is 53.1 Å². The number of rotatable bonds is 4. The highest BCUT2D eigenvalue weighted by Crippen LogP contribution is 2.35. The fourth-order valence-corrected chi connectivity index (χ4v) is 1.66. The van der Waals surface area contributed by atoms with Gasteiger partial charge in [-0.3, -0.25) is 4.79 Å². The van der Waals surface area contributed by atoms with Crippen LogP contribution in [0.15, 0.2) is 42.5 Å². The van der Waals surface area contributed by atoms with Gasteiger partial charge in [0.25, 0.3) is 0 Å². The van der Waals surface area contributed by atoms with E-state index in [9.17, 15) is 4.79 Å². The van der Waals surface area contributed by atoms with Crippen molar-refractivity contribution in [3.63, 3.8) is 0 Å². The summed E-state index contributed by atoms with van der Waals surface area (Å²) in [6.07, 6.45) is 0.752. The first kappa shape index (κ1) is 12.5. The van der Waals surface area contributed by atoms with Gasteiger partial charge in [0.05, 0.1) is 12.1 Å². The van der Waals surface area contributed by atoms with E-state index in [0.717, 1.165) is 6.29 Å². The molecule has 3 nitrogen and oxygen atoms in total. The Hall–Kier alpha value is -2.00. The second-order valence-electron chi connectivity index (χ2n) is 3.56. The quantitative estimate of drug-likeness (QED) is 0.783. The Kier molecular flexibility index (Phi) is 3.85. The average molecular weight is 263 g/mol. The predicted octanol–water partition coefficient (Wildman–Crippen LogP) is 3.95. The van der Waals surface area contributed by atoms with Gasteiger partial charge in [-0.05, 0) is 30.3 Å². The molecule has 0 aliphatic rings. The fourth-order valence-electron chi connectivity index (χ4n) is 1.49. The highest BCUT2D eigenvalue weighted by Gasteiger charge is 2.08. The molecule has 0 saturated carbocycles. The van der Waals surface area contributed by atoms with Gasteiger partial charge in [0, 0.05) is 5.56 Å². The Morgan fingerprint density at radius 1 is 1.06 bits per heavy atom. The van der Waals surface area contributed by atoms with Crippen LogP contribution in [0.2, 0.25) is 5.02 Å². The van der Waals surface area contributed by atoms with Crippen molar-refractivity contribution in [1.82, 2.24) is 0 Å². The zero-order chi connectivity index (χ0) is 13.0. The molecule has 2 aromatic carbocycles. The first-order chi connectivity index (χ1) is 8.74. The SMILES string of the molecule is COc1cc(C=O)ccc1Oc1ccccc1Cl. The molecule has 2 aromatic rings. The van der Waals surface area contributed by atoms with Gasteiger partial charge in [0.2, 0.25) is 0 Å². The Labute approximate surface area is 110 Å². The number of aldehydes is 1. The molecule has 18 heavy (non-hydrogen) atoms. The minimum Gasteiger partial charge on any atom is -0.493 e. The zero-order valence-corrected chi connectivity index (χ0v) is 10.5. The molecule has 0 aliphatic carbocycles. The van der Waals surface area contributed by atoms with Crippen molar-refractivity contribution in [3.8, 4) is 17.2 Å². The standard InChI is InChI=1S/C14H11ClO3/c1-17-14-8-10(9-16)6-7-13(14)18-12-5-3-2-4-11(12)15/h2-9H,1H3. The monoisotopic (exact) mass is 262 g/mol. The van der Waals surface area contributed by atoms with Gasteiger partial charge in [0.1, 0.15) is 12.0 Å². The smallest absolute Gasteiger partial charge is 0.169 e. The third kappa shape index (κ3) is 2.63. The minimum absolute atomic E-state index is 0.486. The number of ether oxygens (including phenoxy) is 2. The van der Waals surface area contributed by atoms with Crippen LogP contribution in [-0.4, -0.2) is 13.4 Å². The molecule has 0 heterocycles. The molecule has 0 saturated heterocycles. The van der Waals surface area contributed by atoms with E-state index in [2.05, 4.69) is 0 Å². The van der Waals surface area contributed by atoms with Crippen LogP contribution in [0.5, 0.6) is 17.2 Å². The lowest BCUT2D eigenvalue weighted by molar-refractivity contribution is 0.112. The number of hydrogen-bond acceptors (Lipinski definition) is 3. The van der Waals surface area contributed by atoms with E-state index in [1.165, 1.54) is 7.11 Å². The molecule has 0 spiro atoms. The molecule has 2 rings (SSSR count). The van der Waals surface area contributed by atoms with Crippen LogP contribution in [0.25, 0.3) is 0 Å². The van der Waals surface area contributed by atoms with Gasteiger partial charge in [-0.1, -0.05) is 23.7 Å². The first-order valence-electron chi connectivity index (χ1n) is 5.30. The molecule has 92 valence electrons. The molecule has 0 radical (unpaired) electrons. The van der Waals surface area contributed by atoms with Gasteiger partial charge < -0.3 is 9.47 Å². The molecule has 4 heteroatoms. The summed E-state index contributed by atoms with van der Waals surface area (Å²) < 4.78 is 10.8. The molecular formula is C14H11ClO3. The first-order valence-corrected chi connectivity index (χ1v) is 5.68. The predicted molar refractivity (Wildman–Crippen MR) is 69.9 cm³/mol. The van der Waals surface area contributed by atoms with Crippen LogP contribution in [0, 0.1) is 0 Å². The number of carbonyl (C=O) groups is 1. The third-order valence-electron chi connectivity index (χ3n) is 2.38. The van der Waals surface area contributed by atoms with E-state index in [1.54, 1.807) is 30.3 Å². The van der Waals surface area contributed by atoms with E-state index in [-0.39, 0.29) is 0 Å². The molecule has 0 amide bonds. The fraction of sp³-hybridized carbons (Fsp3) is 0.0714. The summed E-state index contributed by atoms with van der Waals surface area (Å²) in [5, 5.41) is 0.513. The number of benzene rings is 2. The van der Waals surface area contributed by atoms with Crippen LogP contribution in [-0.2, 0) is 0 Å². The Morgan fingerprint density at radius 3 is 2.50 bits per heavy atom. The molecule has 0 aliphatic heterocycles. The molecule has 0 aromatic heterocycles. The van der Waals surface area contributed by atoms with E-state index < -0.39 is 0 Å². The molecular weight excluding hydrogens is 252 g/mol. The van der Waals surface area contributed by atoms with Gasteiger partial charge in [-0.2, -0.15) is 0 Å². The number of carbonyl (C=O) groups excluding carboxylic acids is 1. The van der Waals surface area contributed by atoms with Gasteiger partial charge in [-0.25, -0.2) is 0 Å². The van der Waals surface area contributed by atoms with E-state index in [0.29, 0.717) is 27.8 Å². The molecule has 0 atom stereocenters. The highest BCUT2D eigenvalue weighted by atomic mass is 35.5. The van der Waals surface area contributed by atoms with E-state index in [1.807, 2.05) is 12.1 Å². The Bertz CT molecular complexity index is 567. The average Bonchev–Trinajstić information content (AvgIpc) is 2.41. The minimum atomic E-state index is 0.486.